The second-order valence-electron chi connectivity index (χ2n) is 3.84. The molecule has 18 heavy (non-hydrogen) atoms. The van der Waals surface area contributed by atoms with Gasteiger partial charge in [-0.1, -0.05) is 38.8 Å². The van der Waals surface area contributed by atoms with Gasteiger partial charge in [0.05, 0.1) is 9.83 Å². The molecule has 2 rings (SSSR count). The van der Waals surface area contributed by atoms with Crippen LogP contribution >= 0.6 is 59.1 Å². The summed E-state index contributed by atoms with van der Waals surface area (Å²) >= 11 is 12.4. The van der Waals surface area contributed by atoms with E-state index in [4.69, 9.17) is 0 Å². The number of thiophene rings is 1. The molecule has 1 N–H and O–H groups in total. The monoisotopic (exact) mass is 451 g/mol. The Bertz CT molecular complexity index is 539. The Kier molecular flexibility index (Phi) is 5.45. The van der Waals surface area contributed by atoms with Crippen LogP contribution < -0.4 is 5.32 Å². The number of nitrogens with one attached hydrogen (secondary N) is 1. The van der Waals surface area contributed by atoms with E-state index < -0.39 is 0 Å². The van der Waals surface area contributed by atoms with Crippen molar-refractivity contribution in [3.05, 3.63) is 53.5 Å². The first kappa shape index (κ1) is 14.7. The van der Waals surface area contributed by atoms with Crippen molar-refractivity contribution in [2.45, 2.75) is 13.0 Å². The van der Waals surface area contributed by atoms with Crippen LogP contribution in [0.2, 0.25) is 0 Å². The third kappa shape index (κ3) is 3.45. The minimum Gasteiger partial charge on any atom is -0.306 e. The summed E-state index contributed by atoms with van der Waals surface area (Å²) in [7, 11) is 0. The summed E-state index contributed by atoms with van der Waals surface area (Å²) in [6.07, 6.45) is 0. The van der Waals surface area contributed by atoms with Gasteiger partial charge in [0, 0.05) is 8.95 Å². The molecular weight excluding hydrogens is 442 g/mol. The standard InChI is InChI=1S/C13H12Br3NS/c1-2-17-13(8-5-12(16)18-7-8)10-6-9(14)3-4-11(10)15/h3-7,13,17H,2H2,1H3. The predicted octanol–water partition coefficient (Wildman–Crippen LogP) is 5.73. The minimum absolute atomic E-state index is 0.212. The molecule has 0 aliphatic carbocycles. The van der Waals surface area contributed by atoms with Crippen molar-refractivity contribution in [3.63, 3.8) is 0 Å². The van der Waals surface area contributed by atoms with E-state index >= 15 is 0 Å². The Morgan fingerprint density at radius 1 is 1.22 bits per heavy atom. The molecule has 0 radical (unpaired) electrons. The van der Waals surface area contributed by atoms with Crippen molar-refractivity contribution in [1.29, 1.82) is 0 Å². The highest BCUT2D eigenvalue weighted by Gasteiger charge is 2.17. The molecule has 1 heterocycles. The summed E-state index contributed by atoms with van der Waals surface area (Å²) in [6, 6.07) is 8.66. The second-order valence-corrected chi connectivity index (χ2v) is 7.90. The smallest absolute Gasteiger partial charge is 0.0701 e. The maximum absolute atomic E-state index is 3.64. The van der Waals surface area contributed by atoms with E-state index in [2.05, 4.69) is 83.6 Å². The molecular formula is C13H12Br3NS. The van der Waals surface area contributed by atoms with E-state index in [0.29, 0.717) is 0 Å². The van der Waals surface area contributed by atoms with Gasteiger partial charge in [0.1, 0.15) is 0 Å². The minimum atomic E-state index is 0.212. The maximum Gasteiger partial charge on any atom is 0.0701 e. The van der Waals surface area contributed by atoms with Crippen molar-refractivity contribution >= 4 is 59.1 Å². The lowest BCUT2D eigenvalue weighted by Crippen LogP contribution is -2.21. The largest absolute Gasteiger partial charge is 0.306 e. The van der Waals surface area contributed by atoms with Crippen molar-refractivity contribution in [2.75, 3.05) is 6.54 Å². The third-order valence-corrected chi connectivity index (χ3v) is 5.34. The van der Waals surface area contributed by atoms with Crippen LogP contribution in [-0.2, 0) is 0 Å². The van der Waals surface area contributed by atoms with Gasteiger partial charge in [-0.15, -0.1) is 11.3 Å². The average molecular weight is 454 g/mol. The molecule has 2 aromatic rings. The first-order chi connectivity index (χ1) is 8.61. The molecule has 0 amide bonds. The number of rotatable bonds is 4. The van der Waals surface area contributed by atoms with Crippen LogP contribution in [0.15, 0.2) is 42.4 Å². The quantitative estimate of drug-likeness (QED) is 0.622. The van der Waals surface area contributed by atoms with Crippen molar-refractivity contribution in [2.24, 2.45) is 0 Å². The lowest BCUT2D eigenvalue weighted by atomic mass is 10.0. The van der Waals surface area contributed by atoms with E-state index in [1.54, 1.807) is 11.3 Å². The van der Waals surface area contributed by atoms with Crippen LogP contribution in [0.1, 0.15) is 24.1 Å². The van der Waals surface area contributed by atoms with E-state index in [-0.39, 0.29) is 6.04 Å². The zero-order chi connectivity index (χ0) is 13.1. The summed E-state index contributed by atoms with van der Waals surface area (Å²) in [4.78, 5) is 0. The SMILES string of the molecule is CCNC(c1csc(Br)c1)c1cc(Br)ccc1Br. The molecule has 0 fully saturated rings. The van der Waals surface area contributed by atoms with Crippen molar-refractivity contribution < 1.29 is 0 Å². The van der Waals surface area contributed by atoms with Gasteiger partial charge in [0.2, 0.25) is 0 Å². The van der Waals surface area contributed by atoms with Gasteiger partial charge in [0.15, 0.2) is 0 Å². The summed E-state index contributed by atoms with van der Waals surface area (Å²) in [5.74, 6) is 0. The normalized spacial score (nSPS) is 12.7. The molecule has 0 aliphatic rings. The van der Waals surface area contributed by atoms with E-state index in [1.165, 1.54) is 11.1 Å². The lowest BCUT2D eigenvalue weighted by molar-refractivity contribution is 0.630. The Balaban J connectivity index is 2.44. The molecule has 0 aliphatic heterocycles. The number of halogens is 3. The first-order valence-corrected chi connectivity index (χ1v) is 8.80. The van der Waals surface area contributed by atoms with Crippen LogP contribution in [-0.4, -0.2) is 6.54 Å². The molecule has 5 heteroatoms. The first-order valence-electron chi connectivity index (χ1n) is 5.54. The molecule has 96 valence electrons. The van der Waals surface area contributed by atoms with E-state index in [1.807, 2.05) is 6.07 Å². The summed E-state index contributed by atoms with van der Waals surface area (Å²) in [6.45, 7) is 3.05. The lowest BCUT2D eigenvalue weighted by Gasteiger charge is -2.19. The third-order valence-electron chi connectivity index (χ3n) is 2.60. The van der Waals surface area contributed by atoms with Gasteiger partial charge < -0.3 is 5.32 Å². The molecule has 0 saturated carbocycles. The van der Waals surface area contributed by atoms with Gasteiger partial charge in [-0.2, -0.15) is 0 Å². The van der Waals surface area contributed by atoms with E-state index in [0.717, 1.165) is 19.3 Å². The van der Waals surface area contributed by atoms with Crippen LogP contribution in [0, 0.1) is 0 Å². The topological polar surface area (TPSA) is 12.0 Å². The maximum atomic E-state index is 3.64. The number of benzene rings is 1. The second kappa shape index (κ2) is 6.66. The fourth-order valence-corrected chi connectivity index (χ4v) is 3.88. The summed E-state index contributed by atoms with van der Waals surface area (Å²) in [5, 5.41) is 5.72. The van der Waals surface area contributed by atoms with Gasteiger partial charge >= 0.3 is 0 Å². The fraction of sp³-hybridized carbons (Fsp3) is 0.231. The van der Waals surface area contributed by atoms with Crippen LogP contribution in [0.25, 0.3) is 0 Å². The molecule has 1 unspecified atom stereocenters. The van der Waals surface area contributed by atoms with E-state index in [9.17, 15) is 0 Å². The van der Waals surface area contributed by atoms with Crippen molar-refractivity contribution in [3.8, 4) is 0 Å². The molecule has 0 bridgehead atoms. The zero-order valence-electron chi connectivity index (χ0n) is 9.71. The highest BCUT2D eigenvalue weighted by molar-refractivity contribution is 9.11. The highest BCUT2D eigenvalue weighted by atomic mass is 79.9. The molecule has 0 saturated heterocycles. The Labute approximate surface area is 136 Å². The number of hydrogen-bond acceptors (Lipinski definition) is 2. The van der Waals surface area contributed by atoms with Crippen LogP contribution in [0.3, 0.4) is 0 Å². The fourth-order valence-electron chi connectivity index (χ4n) is 1.82. The Morgan fingerprint density at radius 2 is 2.00 bits per heavy atom. The highest BCUT2D eigenvalue weighted by Crippen LogP contribution is 2.34. The Hall–Kier alpha value is 0.320. The number of hydrogen-bond donors (Lipinski definition) is 1. The molecule has 0 spiro atoms. The summed E-state index contributed by atoms with van der Waals surface area (Å²) < 4.78 is 3.38. The molecule has 1 atom stereocenters. The van der Waals surface area contributed by atoms with Gasteiger partial charge in [-0.25, -0.2) is 0 Å². The van der Waals surface area contributed by atoms with Gasteiger partial charge in [-0.05, 0) is 63.2 Å². The zero-order valence-corrected chi connectivity index (χ0v) is 15.3. The van der Waals surface area contributed by atoms with Crippen LogP contribution in [0.5, 0.6) is 0 Å². The predicted molar refractivity (Wildman–Crippen MR) is 89.4 cm³/mol. The van der Waals surface area contributed by atoms with Gasteiger partial charge in [-0.3, -0.25) is 0 Å². The van der Waals surface area contributed by atoms with Gasteiger partial charge in [0.25, 0.3) is 0 Å². The average Bonchev–Trinajstić information content (AvgIpc) is 2.76. The Morgan fingerprint density at radius 3 is 2.61 bits per heavy atom. The molecule has 1 aromatic heterocycles. The van der Waals surface area contributed by atoms with Crippen LogP contribution in [0.4, 0.5) is 0 Å². The van der Waals surface area contributed by atoms with Crippen molar-refractivity contribution in [1.82, 2.24) is 5.32 Å². The summed E-state index contributed by atoms with van der Waals surface area (Å²) in [5.41, 5.74) is 2.53. The molecule has 1 nitrogen and oxygen atoms in total. The molecule has 1 aromatic carbocycles.